The van der Waals surface area contributed by atoms with E-state index >= 15 is 0 Å². The van der Waals surface area contributed by atoms with Gasteiger partial charge >= 0.3 is 0 Å². The Morgan fingerprint density at radius 3 is 3.05 bits per heavy atom. The maximum absolute atomic E-state index is 11.8. The van der Waals surface area contributed by atoms with Crippen molar-refractivity contribution in [2.24, 2.45) is 5.73 Å². The standard InChI is InChI=1S/C14H19N5O2/c1-21-13-4-2-3-11(7-13)5-6-16-14(20)10-19-9-12(8-15)17-18-19/h2-4,7,9H,5-6,8,10,15H2,1H3,(H,16,20). The van der Waals surface area contributed by atoms with Gasteiger partial charge in [-0.15, -0.1) is 5.10 Å². The summed E-state index contributed by atoms with van der Waals surface area (Å²) in [6, 6.07) is 7.78. The monoisotopic (exact) mass is 289 g/mol. The van der Waals surface area contributed by atoms with Gasteiger partial charge in [-0.3, -0.25) is 4.79 Å². The number of hydrogen-bond donors (Lipinski definition) is 2. The van der Waals surface area contributed by atoms with Crippen molar-refractivity contribution in [3.05, 3.63) is 41.7 Å². The first-order chi connectivity index (χ1) is 10.2. The van der Waals surface area contributed by atoms with Gasteiger partial charge in [0, 0.05) is 13.1 Å². The second-order valence-electron chi connectivity index (χ2n) is 4.56. The minimum absolute atomic E-state index is 0.105. The molecule has 0 unspecified atom stereocenters. The van der Waals surface area contributed by atoms with E-state index in [1.807, 2.05) is 24.3 Å². The lowest BCUT2D eigenvalue weighted by atomic mass is 10.1. The summed E-state index contributed by atoms with van der Waals surface area (Å²) in [5.74, 6) is 0.710. The summed E-state index contributed by atoms with van der Waals surface area (Å²) in [5, 5.41) is 10.5. The van der Waals surface area contributed by atoms with Crippen LogP contribution in [0.4, 0.5) is 0 Å². The molecule has 0 bridgehead atoms. The van der Waals surface area contributed by atoms with Crippen LogP contribution >= 0.6 is 0 Å². The van der Waals surface area contributed by atoms with E-state index in [1.165, 1.54) is 4.68 Å². The molecule has 0 aliphatic carbocycles. The fourth-order valence-electron chi connectivity index (χ4n) is 1.89. The van der Waals surface area contributed by atoms with Crippen LogP contribution in [0.15, 0.2) is 30.5 Å². The average molecular weight is 289 g/mol. The Morgan fingerprint density at radius 1 is 1.48 bits per heavy atom. The van der Waals surface area contributed by atoms with E-state index < -0.39 is 0 Å². The zero-order valence-electron chi connectivity index (χ0n) is 12.0. The van der Waals surface area contributed by atoms with Crippen LogP contribution in [0.1, 0.15) is 11.3 Å². The first-order valence-corrected chi connectivity index (χ1v) is 6.70. The number of aromatic nitrogens is 3. The van der Waals surface area contributed by atoms with Crippen molar-refractivity contribution in [3.8, 4) is 5.75 Å². The molecule has 0 atom stereocenters. The molecule has 1 amide bonds. The van der Waals surface area contributed by atoms with Crippen molar-refractivity contribution in [3.63, 3.8) is 0 Å². The van der Waals surface area contributed by atoms with Crippen molar-refractivity contribution in [2.45, 2.75) is 19.5 Å². The minimum atomic E-state index is -0.105. The van der Waals surface area contributed by atoms with Gasteiger partial charge in [0.1, 0.15) is 12.3 Å². The zero-order chi connectivity index (χ0) is 15.1. The van der Waals surface area contributed by atoms with Crippen molar-refractivity contribution < 1.29 is 9.53 Å². The van der Waals surface area contributed by atoms with Crippen LogP contribution in [0, 0.1) is 0 Å². The Hall–Kier alpha value is -2.41. The number of amides is 1. The summed E-state index contributed by atoms with van der Waals surface area (Å²) in [6.07, 6.45) is 2.41. The van der Waals surface area contributed by atoms with Crippen molar-refractivity contribution >= 4 is 5.91 Å². The van der Waals surface area contributed by atoms with Gasteiger partial charge in [0.05, 0.1) is 19.0 Å². The largest absolute Gasteiger partial charge is 0.497 e. The highest BCUT2D eigenvalue weighted by Gasteiger charge is 2.05. The maximum Gasteiger partial charge on any atom is 0.241 e. The second kappa shape index (κ2) is 7.39. The van der Waals surface area contributed by atoms with Gasteiger partial charge in [0.2, 0.25) is 5.91 Å². The molecule has 112 valence electrons. The molecule has 0 saturated heterocycles. The van der Waals surface area contributed by atoms with Crippen LogP contribution < -0.4 is 15.8 Å². The lowest BCUT2D eigenvalue weighted by molar-refractivity contribution is -0.121. The van der Waals surface area contributed by atoms with Crippen LogP contribution in [-0.4, -0.2) is 34.6 Å². The maximum atomic E-state index is 11.8. The number of nitrogens with one attached hydrogen (secondary N) is 1. The molecule has 1 aromatic carbocycles. The third-order valence-corrected chi connectivity index (χ3v) is 2.97. The molecule has 3 N–H and O–H groups in total. The molecule has 2 rings (SSSR count). The van der Waals surface area contributed by atoms with Crippen LogP contribution in [0.3, 0.4) is 0 Å². The molecular weight excluding hydrogens is 270 g/mol. The number of methoxy groups -OCH3 is 1. The third-order valence-electron chi connectivity index (χ3n) is 2.97. The first kappa shape index (κ1) is 15.0. The molecule has 21 heavy (non-hydrogen) atoms. The van der Waals surface area contributed by atoms with Gasteiger partial charge in [-0.05, 0) is 24.1 Å². The molecule has 7 heteroatoms. The number of ether oxygens (including phenoxy) is 1. The van der Waals surface area contributed by atoms with E-state index in [2.05, 4.69) is 15.6 Å². The highest BCUT2D eigenvalue weighted by Crippen LogP contribution is 2.12. The number of rotatable bonds is 7. The molecule has 1 heterocycles. The molecule has 1 aromatic heterocycles. The van der Waals surface area contributed by atoms with Gasteiger partial charge in [0.25, 0.3) is 0 Å². The van der Waals surface area contributed by atoms with Gasteiger partial charge in [0.15, 0.2) is 0 Å². The number of carbonyl (C=O) groups excluding carboxylic acids is 1. The zero-order valence-corrected chi connectivity index (χ0v) is 12.0. The highest BCUT2D eigenvalue weighted by molar-refractivity contribution is 5.75. The van der Waals surface area contributed by atoms with Crippen molar-refractivity contribution in [1.29, 1.82) is 0 Å². The van der Waals surface area contributed by atoms with Crippen molar-refractivity contribution in [2.75, 3.05) is 13.7 Å². The predicted molar refractivity (Wildman–Crippen MR) is 77.6 cm³/mol. The molecule has 7 nitrogen and oxygen atoms in total. The van der Waals surface area contributed by atoms with E-state index in [9.17, 15) is 4.79 Å². The van der Waals surface area contributed by atoms with Gasteiger partial charge in [-0.25, -0.2) is 4.68 Å². The number of nitrogens with two attached hydrogens (primary N) is 1. The molecule has 0 fully saturated rings. The smallest absolute Gasteiger partial charge is 0.241 e. The molecule has 0 spiro atoms. The van der Waals surface area contributed by atoms with E-state index in [0.717, 1.165) is 17.7 Å². The minimum Gasteiger partial charge on any atom is -0.497 e. The first-order valence-electron chi connectivity index (χ1n) is 6.70. The SMILES string of the molecule is COc1cccc(CCNC(=O)Cn2cc(CN)nn2)c1. The lowest BCUT2D eigenvalue weighted by Crippen LogP contribution is -2.29. The Bertz CT molecular complexity index is 597. The van der Waals surface area contributed by atoms with E-state index in [1.54, 1.807) is 13.3 Å². The summed E-state index contributed by atoms with van der Waals surface area (Å²) < 4.78 is 6.63. The third kappa shape index (κ3) is 4.57. The average Bonchev–Trinajstić information content (AvgIpc) is 2.95. The molecule has 0 aliphatic rings. The van der Waals surface area contributed by atoms with E-state index in [-0.39, 0.29) is 12.5 Å². The molecule has 2 aromatic rings. The summed E-state index contributed by atoms with van der Waals surface area (Å²) in [4.78, 5) is 11.8. The predicted octanol–water partition coefficient (Wildman–Crippen LogP) is 0.104. The van der Waals surface area contributed by atoms with Gasteiger partial charge in [-0.1, -0.05) is 17.3 Å². The van der Waals surface area contributed by atoms with E-state index in [0.29, 0.717) is 18.8 Å². The van der Waals surface area contributed by atoms with Crippen LogP contribution in [0.2, 0.25) is 0 Å². The van der Waals surface area contributed by atoms with Crippen LogP contribution in [0.5, 0.6) is 5.75 Å². The topological polar surface area (TPSA) is 95.1 Å². The Balaban J connectivity index is 1.76. The quantitative estimate of drug-likeness (QED) is 0.754. The van der Waals surface area contributed by atoms with Gasteiger partial charge < -0.3 is 15.8 Å². The number of hydrogen-bond acceptors (Lipinski definition) is 5. The summed E-state index contributed by atoms with van der Waals surface area (Å²) in [6.45, 7) is 1.02. The van der Waals surface area contributed by atoms with E-state index in [4.69, 9.17) is 10.5 Å². The number of nitrogens with zero attached hydrogens (tertiary/aromatic N) is 3. The Kier molecular flexibility index (Phi) is 5.28. The molecule has 0 radical (unpaired) electrons. The van der Waals surface area contributed by atoms with Crippen LogP contribution in [-0.2, 0) is 24.3 Å². The summed E-state index contributed by atoms with van der Waals surface area (Å²) >= 11 is 0. The van der Waals surface area contributed by atoms with Gasteiger partial charge in [-0.2, -0.15) is 0 Å². The Morgan fingerprint density at radius 2 is 2.33 bits per heavy atom. The highest BCUT2D eigenvalue weighted by atomic mass is 16.5. The normalized spacial score (nSPS) is 10.4. The van der Waals surface area contributed by atoms with Crippen molar-refractivity contribution in [1.82, 2.24) is 20.3 Å². The molecule has 0 saturated carbocycles. The molecule has 0 aliphatic heterocycles. The summed E-state index contributed by atoms with van der Waals surface area (Å²) in [5.41, 5.74) is 7.21. The number of benzene rings is 1. The fraction of sp³-hybridized carbons (Fsp3) is 0.357. The fourth-order valence-corrected chi connectivity index (χ4v) is 1.89. The van der Waals surface area contributed by atoms with Crippen LogP contribution in [0.25, 0.3) is 0 Å². The summed E-state index contributed by atoms with van der Waals surface area (Å²) in [7, 11) is 1.63. The second-order valence-corrected chi connectivity index (χ2v) is 4.56. The lowest BCUT2D eigenvalue weighted by Gasteiger charge is -2.06. The molecular formula is C14H19N5O2. The number of carbonyl (C=O) groups is 1. The Labute approximate surface area is 123 Å².